The van der Waals surface area contributed by atoms with Crippen molar-refractivity contribution in [3.8, 4) is 5.82 Å². The smallest absolute Gasteiger partial charge is 0.271 e. The molecule has 1 amide bonds. The molecule has 2 aromatic heterocycles. The lowest BCUT2D eigenvalue weighted by atomic mass is 10.4. The Morgan fingerprint density at radius 2 is 2.35 bits per heavy atom. The third kappa shape index (κ3) is 2.04. The van der Waals surface area contributed by atoms with Gasteiger partial charge in [-0.2, -0.15) is 5.10 Å². The first-order valence-electron chi connectivity index (χ1n) is 4.65. The number of hydrogen-bond acceptors (Lipinski definition) is 4. The molecule has 0 aliphatic rings. The highest BCUT2D eigenvalue weighted by Crippen LogP contribution is 2.11. The molecule has 17 heavy (non-hydrogen) atoms. The Hall–Kier alpha value is -2.15. The maximum atomic E-state index is 11.3. The van der Waals surface area contributed by atoms with Crippen LogP contribution in [0.2, 0.25) is 5.02 Å². The number of aromatic amines is 1. The van der Waals surface area contributed by atoms with E-state index in [4.69, 9.17) is 11.6 Å². The molecule has 0 bridgehead atoms. The average molecular weight is 254 g/mol. The van der Waals surface area contributed by atoms with E-state index in [9.17, 15) is 9.59 Å². The number of halogens is 1. The third-order valence-corrected chi connectivity index (χ3v) is 2.38. The van der Waals surface area contributed by atoms with Gasteiger partial charge in [0.25, 0.3) is 11.5 Å². The van der Waals surface area contributed by atoms with Gasteiger partial charge >= 0.3 is 0 Å². The summed E-state index contributed by atoms with van der Waals surface area (Å²) in [7, 11) is 1.50. The lowest BCUT2D eigenvalue weighted by Crippen LogP contribution is -2.19. The summed E-state index contributed by atoms with van der Waals surface area (Å²) in [6, 6.07) is 1.50. The molecule has 0 atom stereocenters. The van der Waals surface area contributed by atoms with Crippen molar-refractivity contribution >= 4 is 17.5 Å². The van der Waals surface area contributed by atoms with Gasteiger partial charge in [-0.25, -0.2) is 9.67 Å². The molecule has 2 heterocycles. The maximum absolute atomic E-state index is 11.3. The Labute approximate surface area is 100 Å². The highest BCUT2D eigenvalue weighted by atomic mass is 35.5. The molecule has 0 aromatic carbocycles. The monoisotopic (exact) mass is 253 g/mol. The van der Waals surface area contributed by atoms with Crippen molar-refractivity contribution < 1.29 is 4.79 Å². The van der Waals surface area contributed by atoms with Crippen LogP contribution in [0.5, 0.6) is 0 Å². The lowest BCUT2D eigenvalue weighted by molar-refractivity contribution is 0.0957. The van der Waals surface area contributed by atoms with Crippen molar-refractivity contribution in [2.24, 2.45) is 0 Å². The number of nitrogens with one attached hydrogen (secondary N) is 2. The normalized spacial score (nSPS) is 10.2. The van der Waals surface area contributed by atoms with Gasteiger partial charge in [-0.1, -0.05) is 11.6 Å². The van der Waals surface area contributed by atoms with Crippen molar-refractivity contribution in [1.82, 2.24) is 25.1 Å². The number of carbonyl (C=O) groups is 1. The van der Waals surface area contributed by atoms with Gasteiger partial charge in [0.2, 0.25) is 0 Å². The fraction of sp³-hybridized carbons (Fsp3) is 0.111. The van der Waals surface area contributed by atoms with Gasteiger partial charge in [-0.3, -0.25) is 9.59 Å². The van der Waals surface area contributed by atoms with Crippen molar-refractivity contribution in [1.29, 1.82) is 0 Å². The number of aromatic nitrogens is 4. The fourth-order valence-electron chi connectivity index (χ4n) is 1.22. The average Bonchev–Trinajstić information content (AvgIpc) is 2.81. The number of amides is 1. The first-order valence-corrected chi connectivity index (χ1v) is 5.02. The van der Waals surface area contributed by atoms with E-state index in [-0.39, 0.29) is 22.4 Å². The van der Waals surface area contributed by atoms with Crippen LogP contribution in [0.15, 0.2) is 23.4 Å². The van der Waals surface area contributed by atoms with E-state index in [0.29, 0.717) is 0 Å². The molecule has 0 aliphatic carbocycles. The van der Waals surface area contributed by atoms with Crippen molar-refractivity contribution in [3.05, 3.63) is 39.7 Å². The van der Waals surface area contributed by atoms with Crippen molar-refractivity contribution in [2.45, 2.75) is 0 Å². The van der Waals surface area contributed by atoms with Crippen LogP contribution in [-0.4, -0.2) is 32.7 Å². The molecule has 2 aromatic rings. The van der Waals surface area contributed by atoms with Crippen molar-refractivity contribution in [3.63, 3.8) is 0 Å². The minimum Gasteiger partial charge on any atom is -0.354 e. The Balaban J connectivity index is 2.47. The van der Waals surface area contributed by atoms with Gasteiger partial charge in [0.05, 0.1) is 6.33 Å². The van der Waals surface area contributed by atoms with E-state index in [1.54, 1.807) is 0 Å². The van der Waals surface area contributed by atoms with E-state index in [1.807, 2.05) is 0 Å². The summed E-state index contributed by atoms with van der Waals surface area (Å²) in [5.74, 6) is -0.157. The minimum atomic E-state index is -0.464. The molecule has 0 saturated heterocycles. The Morgan fingerprint density at radius 3 is 3.06 bits per heavy atom. The summed E-state index contributed by atoms with van der Waals surface area (Å²) in [5, 5.41) is 6.31. The van der Waals surface area contributed by atoms with Crippen LogP contribution in [0.25, 0.3) is 5.82 Å². The van der Waals surface area contributed by atoms with E-state index in [0.717, 1.165) is 0 Å². The highest BCUT2D eigenvalue weighted by molar-refractivity contribution is 6.31. The van der Waals surface area contributed by atoms with Crippen molar-refractivity contribution in [2.75, 3.05) is 7.05 Å². The Morgan fingerprint density at radius 1 is 1.59 bits per heavy atom. The molecule has 0 saturated carbocycles. The topological polar surface area (TPSA) is 92.7 Å². The van der Waals surface area contributed by atoms with Crippen LogP contribution < -0.4 is 10.9 Å². The van der Waals surface area contributed by atoms with Crippen LogP contribution in [0.1, 0.15) is 10.5 Å². The summed E-state index contributed by atoms with van der Waals surface area (Å²) < 4.78 is 1.27. The fourth-order valence-corrected chi connectivity index (χ4v) is 1.41. The Kier molecular flexibility index (Phi) is 2.92. The molecular weight excluding hydrogens is 246 g/mol. The Bertz CT molecular complexity index is 618. The molecule has 88 valence electrons. The number of hydrogen-bond donors (Lipinski definition) is 2. The van der Waals surface area contributed by atoms with E-state index < -0.39 is 5.56 Å². The molecule has 0 spiro atoms. The summed E-state index contributed by atoms with van der Waals surface area (Å²) in [6.07, 6.45) is 2.71. The second-order valence-electron chi connectivity index (χ2n) is 3.09. The van der Waals surface area contributed by atoms with Gasteiger partial charge < -0.3 is 10.3 Å². The zero-order chi connectivity index (χ0) is 12.4. The van der Waals surface area contributed by atoms with Gasteiger partial charge in [0, 0.05) is 13.2 Å². The zero-order valence-corrected chi connectivity index (χ0v) is 9.52. The molecule has 0 aliphatic heterocycles. The summed E-state index contributed by atoms with van der Waals surface area (Å²) in [4.78, 5) is 28.8. The largest absolute Gasteiger partial charge is 0.354 e. The molecule has 7 nitrogen and oxygen atoms in total. The van der Waals surface area contributed by atoms with Gasteiger partial charge in [0.15, 0.2) is 16.5 Å². The maximum Gasteiger partial charge on any atom is 0.271 e. The summed E-state index contributed by atoms with van der Waals surface area (Å²) in [5.41, 5.74) is -0.251. The first-order chi connectivity index (χ1) is 8.13. The third-order valence-electron chi connectivity index (χ3n) is 2.04. The number of H-pyrrole nitrogens is 1. The van der Waals surface area contributed by atoms with Gasteiger partial charge in [0.1, 0.15) is 0 Å². The standard InChI is InChI=1S/C9H8ClN5O2/c1-11-8(16)5-2-3-15(14-5)7-6(10)9(17)13-4-12-7/h2-4H,1H3,(H,11,16)(H,12,13,17). The van der Waals surface area contributed by atoms with E-state index in [1.165, 1.54) is 30.3 Å². The predicted molar refractivity (Wildman–Crippen MR) is 60.4 cm³/mol. The molecule has 8 heteroatoms. The second-order valence-corrected chi connectivity index (χ2v) is 3.47. The van der Waals surface area contributed by atoms with Crippen LogP contribution in [0, 0.1) is 0 Å². The summed E-state index contributed by atoms with van der Waals surface area (Å²) in [6.45, 7) is 0. The first kappa shape index (κ1) is 11.3. The molecule has 0 radical (unpaired) electrons. The van der Waals surface area contributed by atoms with E-state index in [2.05, 4.69) is 20.4 Å². The second kappa shape index (κ2) is 4.38. The summed E-state index contributed by atoms with van der Waals surface area (Å²) >= 11 is 5.78. The van der Waals surface area contributed by atoms with Crippen LogP contribution in [0.4, 0.5) is 0 Å². The van der Waals surface area contributed by atoms with Crippen LogP contribution in [-0.2, 0) is 0 Å². The number of rotatable bonds is 2. The van der Waals surface area contributed by atoms with Crippen LogP contribution >= 0.6 is 11.6 Å². The highest BCUT2D eigenvalue weighted by Gasteiger charge is 2.12. The molecule has 0 fully saturated rings. The predicted octanol–water partition coefficient (Wildman–Crippen LogP) is -0.0314. The SMILES string of the molecule is CNC(=O)c1ccn(-c2nc[nH]c(=O)c2Cl)n1. The quantitative estimate of drug-likeness (QED) is 0.786. The van der Waals surface area contributed by atoms with Crippen LogP contribution in [0.3, 0.4) is 0 Å². The lowest BCUT2D eigenvalue weighted by Gasteiger charge is -2.00. The number of nitrogens with zero attached hydrogens (tertiary/aromatic N) is 3. The van der Waals surface area contributed by atoms with Gasteiger partial charge in [-0.05, 0) is 6.07 Å². The van der Waals surface area contributed by atoms with E-state index >= 15 is 0 Å². The minimum absolute atomic E-state index is 0.0842. The zero-order valence-electron chi connectivity index (χ0n) is 8.77. The molecule has 2 N–H and O–H groups in total. The molecular formula is C9H8ClN5O2. The molecule has 2 rings (SSSR count). The van der Waals surface area contributed by atoms with Gasteiger partial charge in [-0.15, -0.1) is 0 Å². The molecule has 0 unspecified atom stereocenters. The number of carbonyl (C=O) groups excluding carboxylic acids is 1.